The molecule has 1 aromatic carbocycles. The molecule has 0 saturated heterocycles. The zero-order valence-electron chi connectivity index (χ0n) is 12.6. The maximum Gasteiger partial charge on any atom is 0.325 e. The van der Waals surface area contributed by atoms with Crippen molar-refractivity contribution in [1.82, 2.24) is 10.2 Å². The maximum atomic E-state index is 11.5. The Labute approximate surface area is 129 Å². The number of hydrogen-bond donors (Lipinski definition) is 2. The third-order valence-electron chi connectivity index (χ3n) is 2.98. The molecule has 1 unspecified atom stereocenters. The topological polar surface area (TPSA) is 71.0 Å². The Bertz CT molecular complexity index is 494. The number of ether oxygens (including phenoxy) is 2. The van der Waals surface area contributed by atoms with Crippen LogP contribution in [0.5, 0.6) is 11.5 Å². The van der Waals surface area contributed by atoms with Gasteiger partial charge in [0, 0.05) is 18.7 Å². The molecule has 118 valence electrons. The fourth-order valence-electron chi connectivity index (χ4n) is 1.89. The highest BCUT2D eigenvalue weighted by molar-refractivity contribution is 6.33. The normalized spacial score (nSPS) is 12.3. The minimum Gasteiger partial charge on any atom is -0.493 e. The van der Waals surface area contributed by atoms with E-state index in [2.05, 4.69) is 5.32 Å². The van der Waals surface area contributed by atoms with Gasteiger partial charge in [-0.05, 0) is 20.2 Å². The molecule has 0 aliphatic carbocycles. The van der Waals surface area contributed by atoms with E-state index in [1.807, 2.05) is 19.0 Å². The van der Waals surface area contributed by atoms with Crippen LogP contribution in [0.25, 0.3) is 0 Å². The molecule has 0 spiro atoms. The molecule has 6 nitrogen and oxygen atoms in total. The van der Waals surface area contributed by atoms with Crippen molar-refractivity contribution in [3.8, 4) is 11.5 Å². The zero-order valence-corrected chi connectivity index (χ0v) is 13.4. The third-order valence-corrected chi connectivity index (χ3v) is 3.37. The largest absolute Gasteiger partial charge is 0.493 e. The Kier molecular flexibility index (Phi) is 6.74. The van der Waals surface area contributed by atoms with Gasteiger partial charge in [-0.15, -0.1) is 0 Å². The molecule has 1 aromatic rings. The minimum absolute atomic E-state index is 0.238. The van der Waals surface area contributed by atoms with E-state index in [0.717, 1.165) is 0 Å². The van der Waals surface area contributed by atoms with Crippen molar-refractivity contribution in [2.75, 3.05) is 41.4 Å². The van der Waals surface area contributed by atoms with Gasteiger partial charge in [-0.1, -0.05) is 17.7 Å². The highest BCUT2D eigenvalue weighted by Gasteiger charge is 2.25. The zero-order chi connectivity index (χ0) is 16.0. The van der Waals surface area contributed by atoms with E-state index in [0.29, 0.717) is 30.2 Å². The molecule has 2 N–H and O–H groups in total. The molecule has 0 radical (unpaired) electrons. The Morgan fingerprint density at radius 1 is 1.38 bits per heavy atom. The number of nitrogens with one attached hydrogen (secondary N) is 1. The second-order valence-electron chi connectivity index (χ2n) is 4.73. The van der Waals surface area contributed by atoms with Gasteiger partial charge in [-0.2, -0.15) is 0 Å². The van der Waals surface area contributed by atoms with Crippen LogP contribution in [-0.4, -0.2) is 57.4 Å². The van der Waals surface area contributed by atoms with Gasteiger partial charge >= 0.3 is 5.97 Å². The fraction of sp³-hybridized carbons (Fsp3) is 0.500. The molecule has 7 heteroatoms. The molecule has 0 aromatic heterocycles. The molecule has 0 heterocycles. The molecule has 0 aliphatic rings. The predicted octanol–water partition coefficient (Wildman–Crippen LogP) is 1.63. The molecule has 0 saturated carbocycles. The van der Waals surface area contributed by atoms with Crippen LogP contribution >= 0.6 is 11.6 Å². The van der Waals surface area contributed by atoms with Gasteiger partial charge in [0.15, 0.2) is 11.5 Å². The van der Waals surface area contributed by atoms with Crippen molar-refractivity contribution in [3.63, 3.8) is 0 Å². The monoisotopic (exact) mass is 316 g/mol. The number of nitrogens with zero attached hydrogens (tertiary/aromatic N) is 1. The lowest BCUT2D eigenvalue weighted by molar-refractivity contribution is -0.139. The number of likely N-dealkylation sites (N-methyl/N-ethyl adjacent to an activating group) is 1. The molecular weight excluding hydrogens is 296 g/mol. The first-order valence-electron chi connectivity index (χ1n) is 6.43. The molecule has 0 bridgehead atoms. The number of rotatable bonds is 8. The number of carboxylic acid groups (broad SMARTS) is 1. The standard InChI is InChI=1S/C14H21ClN2O4/c1-17(2)8-7-16-12(14(18)19)9-5-6-10(20-3)13(21-4)11(9)15/h5-6,12,16H,7-8H2,1-4H3,(H,18,19). The molecule has 0 aliphatic heterocycles. The van der Waals surface area contributed by atoms with Crippen molar-refractivity contribution in [1.29, 1.82) is 0 Å². The SMILES string of the molecule is COc1ccc(C(NCCN(C)C)C(=O)O)c(Cl)c1OC. The number of halogens is 1. The lowest BCUT2D eigenvalue weighted by Crippen LogP contribution is -2.34. The summed E-state index contributed by atoms with van der Waals surface area (Å²) in [6, 6.07) is 2.37. The quantitative estimate of drug-likeness (QED) is 0.759. The Morgan fingerprint density at radius 3 is 2.52 bits per heavy atom. The molecular formula is C14H21ClN2O4. The van der Waals surface area contributed by atoms with Crippen LogP contribution in [0.2, 0.25) is 5.02 Å². The summed E-state index contributed by atoms with van der Waals surface area (Å²) in [6.07, 6.45) is 0. The average Bonchev–Trinajstić information content (AvgIpc) is 2.43. The highest BCUT2D eigenvalue weighted by atomic mass is 35.5. The minimum atomic E-state index is -0.997. The van der Waals surface area contributed by atoms with E-state index in [4.69, 9.17) is 21.1 Å². The second kappa shape index (κ2) is 8.07. The third kappa shape index (κ3) is 4.49. The maximum absolute atomic E-state index is 11.5. The van der Waals surface area contributed by atoms with Gasteiger partial charge < -0.3 is 19.5 Å². The first kappa shape index (κ1) is 17.6. The van der Waals surface area contributed by atoms with Crippen molar-refractivity contribution in [2.45, 2.75) is 6.04 Å². The van der Waals surface area contributed by atoms with Gasteiger partial charge in [0.2, 0.25) is 0 Å². The number of methoxy groups -OCH3 is 2. The van der Waals surface area contributed by atoms with Gasteiger partial charge in [0.1, 0.15) is 6.04 Å². The van der Waals surface area contributed by atoms with Gasteiger partial charge in [-0.3, -0.25) is 10.1 Å². The first-order chi connectivity index (χ1) is 9.92. The fourth-order valence-corrected chi connectivity index (χ4v) is 2.23. The van der Waals surface area contributed by atoms with Crippen LogP contribution in [-0.2, 0) is 4.79 Å². The van der Waals surface area contributed by atoms with E-state index >= 15 is 0 Å². The highest BCUT2D eigenvalue weighted by Crippen LogP contribution is 2.39. The van der Waals surface area contributed by atoms with Crippen molar-refractivity contribution < 1.29 is 19.4 Å². The molecule has 21 heavy (non-hydrogen) atoms. The van der Waals surface area contributed by atoms with Crippen LogP contribution in [0.4, 0.5) is 0 Å². The van der Waals surface area contributed by atoms with Crippen LogP contribution in [0, 0.1) is 0 Å². The van der Waals surface area contributed by atoms with E-state index in [1.165, 1.54) is 14.2 Å². The van der Waals surface area contributed by atoms with Gasteiger partial charge in [0.05, 0.1) is 19.2 Å². The number of benzene rings is 1. The second-order valence-corrected chi connectivity index (χ2v) is 5.11. The van der Waals surface area contributed by atoms with E-state index in [-0.39, 0.29) is 5.02 Å². The average molecular weight is 317 g/mol. The summed E-state index contributed by atoms with van der Waals surface area (Å²) in [7, 11) is 6.79. The van der Waals surface area contributed by atoms with Crippen molar-refractivity contribution in [3.05, 3.63) is 22.7 Å². The summed E-state index contributed by atoms with van der Waals surface area (Å²) in [5.41, 5.74) is 0.445. The van der Waals surface area contributed by atoms with Crippen LogP contribution in [0.15, 0.2) is 12.1 Å². The summed E-state index contributed by atoms with van der Waals surface area (Å²) in [4.78, 5) is 13.4. The van der Waals surface area contributed by atoms with Crippen molar-refractivity contribution >= 4 is 17.6 Å². The Morgan fingerprint density at radius 2 is 2.05 bits per heavy atom. The lowest BCUT2D eigenvalue weighted by Gasteiger charge is -2.20. The first-order valence-corrected chi connectivity index (χ1v) is 6.81. The Hall–Kier alpha value is -1.50. The van der Waals surface area contributed by atoms with Gasteiger partial charge in [-0.25, -0.2) is 0 Å². The summed E-state index contributed by atoms with van der Waals surface area (Å²) >= 11 is 6.25. The number of carboxylic acids is 1. The van der Waals surface area contributed by atoms with E-state index in [9.17, 15) is 9.90 Å². The lowest BCUT2D eigenvalue weighted by atomic mass is 10.1. The number of hydrogen-bond acceptors (Lipinski definition) is 5. The van der Waals surface area contributed by atoms with Crippen LogP contribution in [0.1, 0.15) is 11.6 Å². The van der Waals surface area contributed by atoms with E-state index in [1.54, 1.807) is 12.1 Å². The summed E-state index contributed by atoms with van der Waals surface area (Å²) < 4.78 is 10.3. The molecule has 0 fully saturated rings. The summed E-state index contributed by atoms with van der Waals surface area (Å²) in [5, 5.41) is 12.6. The van der Waals surface area contributed by atoms with E-state index < -0.39 is 12.0 Å². The van der Waals surface area contributed by atoms with Crippen LogP contribution in [0.3, 0.4) is 0 Å². The summed E-state index contributed by atoms with van der Waals surface area (Å²) in [5.74, 6) is -0.205. The molecule has 0 amide bonds. The predicted molar refractivity (Wildman–Crippen MR) is 81.5 cm³/mol. The van der Waals surface area contributed by atoms with Crippen LogP contribution < -0.4 is 14.8 Å². The smallest absolute Gasteiger partial charge is 0.325 e. The van der Waals surface area contributed by atoms with Crippen molar-refractivity contribution in [2.24, 2.45) is 0 Å². The number of aliphatic carboxylic acids is 1. The summed E-state index contributed by atoms with van der Waals surface area (Å²) in [6.45, 7) is 1.24. The molecule has 1 rings (SSSR count). The number of carbonyl (C=O) groups is 1. The van der Waals surface area contributed by atoms with Gasteiger partial charge in [0.25, 0.3) is 0 Å². The molecule has 1 atom stereocenters. The Balaban J connectivity index is 3.06.